The van der Waals surface area contributed by atoms with Gasteiger partial charge in [-0.25, -0.2) is 0 Å². The van der Waals surface area contributed by atoms with Crippen molar-refractivity contribution in [3.05, 3.63) is 33.3 Å². The van der Waals surface area contributed by atoms with Gasteiger partial charge in [-0.3, -0.25) is 0 Å². The molecule has 0 saturated carbocycles. The van der Waals surface area contributed by atoms with Crippen LogP contribution in [-0.2, 0) is 6.42 Å². The summed E-state index contributed by atoms with van der Waals surface area (Å²) >= 11 is 9.75. The zero-order valence-corrected chi connectivity index (χ0v) is 11.9. The van der Waals surface area contributed by atoms with Gasteiger partial charge in [0.15, 0.2) is 0 Å². The summed E-state index contributed by atoms with van der Waals surface area (Å²) in [6.45, 7) is 3.39. The van der Waals surface area contributed by atoms with Crippen LogP contribution in [0.2, 0.25) is 5.02 Å². The van der Waals surface area contributed by atoms with Gasteiger partial charge in [0, 0.05) is 15.0 Å². The largest absolute Gasteiger partial charge is 0.311 e. The summed E-state index contributed by atoms with van der Waals surface area (Å²) in [4.78, 5) is 0. The fourth-order valence-corrected chi connectivity index (χ4v) is 3.08. The summed E-state index contributed by atoms with van der Waals surface area (Å²) in [5.41, 5.74) is 1.51. The first-order valence-corrected chi connectivity index (χ1v) is 7.01. The Hall–Kier alpha value is -0.0500. The third-order valence-corrected chi connectivity index (χ3v) is 4.41. The van der Waals surface area contributed by atoms with Crippen LogP contribution in [0.5, 0.6) is 0 Å². The van der Waals surface area contributed by atoms with Crippen molar-refractivity contribution >= 4 is 27.5 Å². The van der Waals surface area contributed by atoms with Gasteiger partial charge in [-0.15, -0.1) is 0 Å². The van der Waals surface area contributed by atoms with E-state index < -0.39 is 0 Å². The maximum Gasteiger partial charge on any atom is 0.0439 e. The van der Waals surface area contributed by atoms with E-state index in [-0.39, 0.29) is 5.54 Å². The Labute approximate surface area is 111 Å². The number of benzene rings is 1. The van der Waals surface area contributed by atoms with Crippen molar-refractivity contribution < 1.29 is 0 Å². The Morgan fingerprint density at radius 2 is 2.31 bits per heavy atom. The molecular formula is C13H17BrClN. The molecule has 1 saturated heterocycles. The molecule has 1 aromatic rings. The number of hydrogen-bond acceptors (Lipinski definition) is 1. The van der Waals surface area contributed by atoms with Crippen molar-refractivity contribution in [2.24, 2.45) is 0 Å². The molecule has 88 valence electrons. The molecule has 1 heterocycles. The van der Waals surface area contributed by atoms with Gasteiger partial charge in [0.2, 0.25) is 0 Å². The summed E-state index contributed by atoms with van der Waals surface area (Å²) in [5.74, 6) is 0. The highest BCUT2D eigenvalue weighted by atomic mass is 79.9. The van der Waals surface area contributed by atoms with Gasteiger partial charge in [0.05, 0.1) is 0 Å². The van der Waals surface area contributed by atoms with Crippen molar-refractivity contribution in [2.45, 2.75) is 38.1 Å². The van der Waals surface area contributed by atoms with Crippen LogP contribution in [0.1, 0.15) is 31.7 Å². The maximum atomic E-state index is 6.24. The molecule has 1 unspecified atom stereocenters. The highest BCUT2D eigenvalue weighted by molar-refractivity contribution is 9.10. The average Bonchev–Trinajstić information content (AvgIpc) is 2.73. The van der Waals surface area contributed by atoms with E-state index >= 15 is 0 Å². The molecule has 1 aliphatic heterocycles. The lowest BCUT2D eigenvalue weighted by atomic mass is 9.87. The second-order valence-corrected chi connectivity index (χ2v) is 5.90. The van der Waals surface area contributed by atoms with Crippen molar-refractivity contribution in [3.8, 4) is 0 Å². The molecule has 3 heteroatoms. The lowest BCUT2D eigenvalue weighted by Crippen LogP contribution is -2.41. The van der Waals surface area contributed by atoms with Crippen LogP contribution >= 0.6 is 27.5 Å². The topological polar surface area (TPSA) is 12.0 Å². The van der Waals surface area contributed by atoms with E-state index in [1.54, 1.807) is 0 Å². The van der Waals surface area contributed by atoms with Crippen molar-refractivity contribution in [1.82, 2.24) is 5.32 Å². The van der Waals surface area contributed by atoms with Crippen LogP contribution in [0.15, 0.2) is 22.7 Å². The van der Waals surface area contributed by atoms with Gasteiger partial charge >= 0.3 is 0 Å². The molecule has 0 aromatic heterocycles. The van der Waals surface area contributed by atoms with E-state index in [0.29, 0.717) is 0 Å². The van der Waals surface area contributed by atoms with Gasteiger partial charge in [-0.1, -0.05) is 34.5 Å². The van der Waals surface area contributed by atoms with Crippen molar-refractivity contribution in [1.29, 1.82) is 0 Å². The molecule has 16 heavy (non-hydrogen) atoms. The first kappa shape index (κ1) is 12.4. The minimum Gasteiger partial charge on any atom is -0.311 e. The fraction of sp³-hybridized carbons (Fsp3) is 0.538. The monoisotopic (exact) mass is 301 g/mol. The van der Waals surface area contributed by atoms with Crippen LogP contribution in [0, 0.1) is 0 Å². The quantitative estimate of drug-likeness (QED) is 0.883. The van der Waals surface area contributed by atoms with Gasteiger partial charge in [0.1, 0.15) is 0 Å². The Bertz CT molecular complexity index is 372. The van der Waals surface area contributed by atoms with Crippen LogP contribution in [0.3, 0.4) is 0 Å². The van der Waals surface area contributed by atoms with Crippen LogP contribution < -0.4 is 5.32 Å². The molecule has 1 atom stereocenters. The second-order valence-electron chi connectivity index (χ2n) is 4.58. The van der Waals surface area contributed by atoms with E-state index in [2.05, 4.69) is 34.2 Å². The Kier molecular flexibility index (Phi) is 3.93. The molecule has 1 fully saturated rings. The highest BCUT2D eigenvalue weighted by Crippen LogP contribution is 2.31. The number of nitrogens with one attached hydrogen (secondary N) is 1. The molecular weight excluding hydrogens is 286 g/mol. The second kappa shape index (κ2) is 5.07. The Morgan fingerprint density at radius 1 is 1.50 bits per heavy atom. The smallest absolute Gasteiger partial charge is 0.0439 e. The maximum absolute atomic E-state index is 6.24. The third-order valence-electron chi connectivity index (χ3n) is 3.55. The standard InChI is InChI=1S/C13H17BrClN/c1-2-13(6-3-7-16-13)9-10-8-11(14)4-5-12(10)15/h4-5,8,16H,2-3,6-7,9H2,1H3. The van der Waals surface area contributed by atoms with Crippen LogP contribution in [0.25, 0.3) is 0 Å². The number of rotatable bonds is 3. The van der Waals surface area contributed by atoms with Crippen molar-refractivity contribution in [2.75, 3.05) is 6.54 Å². The van der Waals surface area contributed by atoms with E-state index in [9.17, 15) is 0 Å². The predicted molar refractivity (Wildman–Crippen MR) is 73.1 cm³/mol. The Balaban J connectivity index is 2.21. The van der Waals surface area contributed by atoms with E-state index in [1.165, 1.54) is 18.4 Å². The van der Waals surface area contributed by atoms with Crippen LogP contribution in [-0.4, -0.2) is 12.1 Å². The van der Waals surface area contributed by atoms with Gasteiger partial charge in [-0.2, -0.15) is 0 Å². The molecule has 0 bridgehead atoms. The molecule has 1 aliphatic rings. The number of hydrogen-bond donors (Lipinski definition) is 1. The predicted octanol–water partition coefficient (Wildman–Crippen LogP) is 4.18. The molecule has 0 aliphatic carbocycles. The van der Waals surface area contributed by atoms with Crippen molar-refractivity contribution in [3.63, 3.8) is 0 Å². The molecule has 0 spiro atoms. The van der Waals surface area contributed by atoms with E-state index in [0.717, 1.165) is 28.9 Å². The van der Waals surface area contributed by atoms with Gasteiger partial charge in [0.25, 0.3) is 0 Å². The fourth-order valence-electron chi connectivity index (χ4n) is 2.49. The first-order chi connectivity index (χ1) is 7.65. The summed E-state index contributed by atoms with van der Waals surface area (Å²) in [7, 11) is 0. The van der Waals surface area contributed by atoms with Gasteiger partial charge in [-0.05, 0) is 56.0 Å². The lowest BCUT2D eigenvalue weighted by Gasteiger charge is -2.28. The normalized spacial score (nSPS) is 24.9. The minimum atomic E-state index is 0.268. The minimum absolute atomic E-state index is 0.268. The lowest BCUT2D eigenvalue weighted by molar-refractivity contribution is 0.360. The summed E-state index contributed by atoms with van der Waals surface area (Å²) in [6.07, 6.45) is 4.73. The zero-order chi connectivity index (χ0) is 11.6. The average molecular weight is 303 g/mol. The SMILES string of the molecule is CCC1(Cc2cc(Br)ccc2Cl)CCCN1. The Morgan fingerprint density at radius 3 is 2.94 bits per heavy atom. The van der Waals surface area contributed by atoms with Gasteiger partial charge < -0.3 is 5.32 Å². The third kappa shape index (κ3) is 2.61. The van der Waals surface area contributed by atoms with E-state index in [4.69, 9.17) is 11.6 Å². The molecule has 1 aromatic carbocycles. The molecule has 1 N–H and O–H groups in total. The molecule has 2 rings (SSSR count). The molecule has 0 radical (unpaired) electrons. The number of halogens is 2. The summed E-state index contributed by atoms with van der Waals surface area (Å²) in [5, 5.41) is 4.52. The first-order valence-electron chi connectivity index (χ1n) is 5.84. The summed E-state index contributed by atoms with van der Waals surface area (Å²) in [6, 6.07) is 6.10. The zero-order valence-electron chi connectivity index (χ0n) is 9.52. The highest BCUT2D eigenvalue weighted by Gasteiger charge is 2.32. The summed E-state index contributed by atoms with van der Waals surface area (Å²) < 4.78 is 1.11. The molecule has 1 nitrogen and oxygen atoms in total. The van der Waals surface area contributed by atoms with Crippen LogP contribution in [0.4, 0.5) is 0 Å². The molecule has 0 amide bonds. The van der Waals surface area contributed by atoms with E-state index in [1.807, 2.05) is 12.1 Å².